The average Bonchev–Trinajstić information content (AvgIpc) is 2.83. The lowest BCUT2D eigenvalue weighted by Crippen LogP contribution is -2.14. The van der Waals surface area contributed by atoms with Crippen LogP contribution in [0.5, 0.6) is 0 Å². The molecule has 0 heterocycles. The van der Waals surface area contributed by atoms with Crippen molar-refractivity contribution in [3.05, 3.63) is 27.8 Å². The fourth-order valence-electron chi connectivity index (χ4n) is 3.27. The Hall–Kier alpha value is -0.640. The van der Waals surface area contributed by atoms with Crippen LogP contribution in [-0.2, 0) is 31.9 Å². The second kappa shape index (κ2) is 3.67. The molecule has 0 fully saturated rings. The Bertz CT molecular complexity index is 453. The molecule has 0 unspecified atom stereocenters. The number of alkyl halides is 3. The normalized spacial score (nSPS) is 18.4. The van der Waals surface area contributed by atoms with Crippen LogP contribution in [0, 0.1) is 0 Å². The Morgan fingerprint density at radius 2 is 1.18 bits per heavy atom. The first-order valence-corrected chi connectivity index (χ1v) is 6.40. The maximum absolute atomic E-state index is 13.2. The van der Waals surface area contributed by atoms with Gasteiger partial charge < -0.3 is 0 Å². The summed E-state index contributed by atoms with van der Waals surface area (Å²) in [5.41, 5.74) is 2.46. The highest BCUT2D eigenvalue weighted by molar-refractivity contribution is 7.80. The third-order valence-corrected chi connectivity index (χ3v) is 4.43. The van der Waals surface area contributed by atoms with Gasteiger partial charge >= 0.3 is 6.18 Å². The Balaban J connectivity index is 2.34. The van der Waals surface area contributed by atoms with Crippen molar-refractivity contribution >= 4 is 12.6 Å². The summed E-state index contributed by atoms with van der Waals surface area (Å²) in [6.45, 7) is 0. The quantitative estimate of drug-likeness (QED) is 0.669. The van der Waals surface area contributed by atoms with Gasteiger partial charge in [0.25, 0.3) is 0 Å². The molecule has 3 rings (SSSR count). The molecule has 0 aliphatic heterocycles. The van der Waals surface area contributed by atoms with Crippen molar-refractivity contribution in [3.8, 4) is 0 Å². The summed E-state index contributed by atoms with van der Waals surface area (Å²) in [6.07, 6.45) is 0.0825. The van der Waals surface area contributed by atoms with E-state index in [0.29, 0.717) is 24.0 Å². The van der Waals surface area contributed by atoms with Gasteiger partial charge in [0.2, 0.25) is 0 Å². The van der Waals surface area contributed by atoms with Crippen LogP contribution in [0.3, 0.4) is 0 Å². The van der Waals surface area contributed by atoms with E-state index >= 15 is 0 Å². The molecule has 2 aliphatic carbocycles. The number of benzene rings is 1. The van der Waals surface area contributed by atoms with Gasteiger partial charge in [0.05, 0.1) is 5.56 Å². The molecule has 0 saturated carbocycles. The van der Waals surface area contributed by atoms with Crippen molar-refractivity contribution in [1.82, 2.24) is 0 Å². The number of thiol groups is 1. The molecule has 2 aliphatic rings. The smallest absolute Gasteiger partial charge is 0.166 e. The lowest BCUT2D eigenvalue weighted by Gasteiger charge is -2.19. The fraction of sp³-hybridized carbons (Fsp3) is 0.538. The van der Waals surface area contributed by atoms with Gasteiger partial charge in [0.15, 0.2) is 0 Å². The molecule has 0 radical (unpaired) electrons. The fourth-order valence-corrected chi connectivity index (χ4v) is 3.76. The Morgan fingerprint density at radius 3 is 1.59 bits per heavy atom. The zero-order chi connectivity index (χ0) is 12.2. The Labute approximate surface area is 104 Å². The number of halogens is 3. The van der Waals surface area contributed by atoms with Gasteiger partial charge in [-0.1, -0.05) is 0 Å². The maximum atomic E-state index is 13.2. The summed E-state index contributed by atoms with van der Waals surface area (Å²) in [5.74, 6) is 0. The van der Waals surface area contributed by atoms with Crippen LogP contribution >= 0.6 is 12.6 Å². The zero-order valence-corrected chi connectivity index (χ0v) is 10.2. The van der Waals surface area contributed by atoms with Gasteiger partial charge in [-0.05, 0) is 60.8 Å². The Kier molecular flexibility index (Phi) is 2.47. The van der Waals surface area contributed by atoms with E-state index in [1.54, 1.807) is 0 Å². The minimum Gasteiger partial charge on any atom is -0.166 e. The number of hydrogen-bond donors (Lipinski definition) is 1. The van der Waals surface area contributed by atoms with E-state index in [1.165, 1.54) is 0 Å². The van der Waals surface area contributed by atoms with Crippen molar-refractivity contribution in [2.45, 2.75) is 49.6 Å². The molecule has 0 N–H and O–H groups in total. The molecule has 92 valence electrons. The SMILES string of the molecule is FC(F)(F)c1c2c(c(S)c3c1CCC3)CCC2. The van der Waals surface area contributed by atoms with E-state index in [0.717, 1.165) is 41.7 Å². The van der Waals surface area contributed by atoms with Gasteiger partial charge in [0, 0.05) is 4.90 Å². The van der Waals surface area contributed by atoms with Crippen LogP contribution in [0.1, 0.15) is 40.7 Å². The zero-order valence-electron chi connectivity index (χ0n) is 9.32. The highest BCUT2D eigenvalue weighted by atomic mass is 32.1. The summed E-state index contributed by atoms with van der Waals surface area (Å²) in [4.78, 5) is 0.845. The van der Waals surface area contributed by atoms with Crippen LogP contribution < -0.4 is 0 Å². The topological polar surface area (TPSA) is 0 Å². The maximum Gasteiger partial charge on any atom is 0.416 e. The lowest BCUT2D eigenvalue weighted by molar-refractivity contribution is -0.138. The summed E-state index contributed by atoms with van der Waals surface area (Å²) in [6, 6.07) is 0. The van der Waals surface area contributed by atoms with Crippen LogP contribution in [0.2, 0.25) is 0 Å². The third-order valence-electron chi connectivity index (χ3n) is 3.89. The second-order valence-electron chi connectivity index (χ2n) is 4.84. The number of rotatable bonds is 0. The van der Waals surface area contributed by atoms with E-state index < -0.39 is 6.18 Å². The number of fused-ring (bicyclic) bond motifs is 2. The van der Waals surface area contributed by atoms with Crippen LogP contribution in [0.25, 0.3) is 0 Å². The van der Waals surface area contributed by atoms with Gasteiger partial charge in [0.1, 0.15) is 0 Å². The predicted molar refractivity (Wildman–Crippen MR) is 62.7 cm³/mol. The second-order valence-corrected chi connectivity index (χ2v) is 5.29. The summed E-state index contributed by atoms with van der Waals surface area (Å²) < 4.78 is 39.6. The first-order chi connectivity index (χ1) is 8.00. The summed E-state index contributed by atoms with van der Waals surface area (Å²) in [5, 5.41) is 0. The van der Waals surface area contributed by atoms with E-state index in [1.807, 2.05) is 0 Å². The largest absolute Gasteiger partial charge is 0.416 e. The minimum absolute atomic E-state index is 0.324. The molecular weight excluding hydrogens is 245 g/mol. The molecule has 0 saturated heterocycles. The molecule has 0 spiro atoms. The van der Waals surface area contributed by atoms with Gasteiger partial charge in [-0.2, -0.15) is 13.2 Å². The van der Waals surface area contributed by atoms with Crippen LogP contribution in [0.4, 0.5) is 13.2 Å². The lowest BCUT2D eigenvalue weighted by atomic mass is 9.93. The van der Waals surface area contributed by atoms with E-state index in [2.05, 4.69) is 12.6 Å². The molecule has 0 aromatic heterocycles. The molecular formula is C13H13F3S. The highest BCUT2D eigenvalue weighted by Gasteiger charge is 2.40. The first kappa shape index (κ1) is 11.5. The van der Waals surface area contributed by atoms with Crippen LogP contribution in [-0.4, -0.2) is 0 Å². The van der Waals surface area contributed by atoms with Gasteiger partial charge in [-0.15, -0.1) is 12.6 Å². The molecule has 0 bridgehead atoms. The predicted octanol–water partition coefficient (Wildman–Crippen LogP) is 3.97. The average molecular weight is 258 g/mol. The van der Waals surface area contributed by atoms with Crippen molar-refractivity contribution < 1.29 is 13.2 Å². The highest BCUT2D eigenvalue weighted by Crippen LogP contribution is 2.46. The standard InChI is InChI=1S/C13H13F3S/c14-13(15,16)11-7-3-1-5-9(7)12(17)10-6-2-4-8(10)11/h17H,1-6H2. The van der Waals surface area contributed by atoms with Crippen LogP contribution in [0.15, 0.2) is 4.90 Å². The van der Waals surface area contributed by atoms with Crippen molar-refractivity contribution in [2.24, 2.45) is 0 Å². The number of hydrogen-bond acceptors (Lipinski definition) is 1. The first-order valence-electron chi connectivity index (χ1n) is 5.95. The van der Waals surface area contributed by atoms with Crippen molar-refractivity contribution in [2.75, 3.05) is 0 Å². The summed E-state index contributed by atoms with van der Waals surface area (Å²) in [7, 11) is 0. The minimum atomic E-state index is -4.20. The van der Waals surface area contributed by atoms with Gasteiger partial charge in [-0.3, -0.25) is 0 Å². The molecule has 17 heavy (non-hydrogen) atoms. The summed E-state index contributed by atoms with van der Waals surface area (Å²) >= 11 is 4.47. The Morgan fingerprint density at radius 1 is 0.765 bits per heavy atom. The van der Waals surface area contributed by atoms with E-state index in [4.69, 9.17) is 0 Å². The monoisotopic (exact) mass is 258 g/mol. The molecule has 0 amide bonds. The molecule has 0 nitrogen and oxygen atoms in total. The molecule has 4 heteroatoms. The molecule has 1 aromatic rings. The molecule has 0 atom stereocenters. The van der Waals surface area contributed by atoms with Crippen molar-refractivity contribution in [1.29, 1.82) is 0 Å². The van der Waals surface area contributed by atoms with E-state index in [9.17, 15) is 13.2 Å². The van der Waals surface area contributed by atoms with Gasteiger partial charge in [-0.25, -0.2) is 0 Å². The van der Waals surface area contributed by atoms with Crippen molar-refractivity contribution in [3.63, 3.8) is 0 Å². The molecule has 1 aromatic carbocycles. The third kappa shape index (κ3) is 1.60. The van der Waals surface area contributed by atoms with E-state index in [-0.39, 0.29) is 5.56 Å².